The molecule has 2 heteroatoms. The smallest absolute Gasteiger partial charge is 0.162 e. The number of benzene rings is 2. The topological polar surface area (TPSA) is 20.3 Å². The molecular weight excluding hydrogens is 270 g/mol. The molecule has 0 heterocycles. The lowest BCUT2D eigenvalue weighted by molar-refractivity contribution is 0.0987. The molecule has 22 heavy (non-hydrogen) atoms. The summed E-state index contributed by atoms with van der Waals surface area (Å²) in [7, 11) is 4.08. The Morgan fingerprint density at radius 1 is 1.14 bits per heavy atom. The highest BCUT2D eigenvalue weighted by Gasteiger charge is 2.19. The largest absolute Gasteiger partial charge is 0.378 e. The van der Waals surface area contributed by atoms with Crippen molar-refractivity contribution >= 4 is 16.6 Å². The van der Waals surface area contributed by atoms with Gasteiger partial charge in [0, 0.05) is 37.7 Å². The SMILES string of the molecule is CCC(=O)c1cc2ccccc2cc1C1C=CC(N(C)C)=C1. The molecule has 0 N–H and O–H groups in total. The van der Waals surface area contributed by atoms with Gasteiger partial charge in [0.15, 0.2) is 5.78 Å². The van der Waals surface area contributed by atoms with E-state index < -0.39 is 0 Å². The van der Waals surface area contributed by atoms with Gasteiger partial charge >= 0.3 is 0 Å². The number of carbonyl (C=O) groups excluding carboxylic acids is 1. The van der Waals surface area contributed by atoms with Crippen molar-refractivity contribution in [1.29, 1.82) is 0 Å². The summed E-state index contributed by atoms with van der Waals surface area (Å²) in [5, 5.41) is 2.31. The van der Waals surface area contributed by atoms with Crippen LogP contribution >= 0.6 is 0 Å². The maximum atomic E-state index is 12.4. The number of Topliss-reactive ketones (excluding diaryl/α,β-unsaturated/α-hetero) is 1. The molecular formula is C20H21NO. The lowest BCUT2D eigenvalue weighted by atomic mass is 9.89. The minimum absolute atomic E-state index is 0.174. The second-order valence-electron chi connectivity index (χ2n) is 5.93. The second kappa shape index (κ2) is 5.80. The number of hydrogen-bond donors (Lipinski definition) is 0. The number of ketones is 1. The van der Waals surface area contributed by atoms with Gasteiger partial charge in [0.05, 0.1) is 0 Å². The molecule has 0 saturated carbocycles. The van der Waals surface area contributed by atoms with E-state index in [1.165, 1.54) is 11.1 Å². The Morgan fingerprint density at radius 3 is 2.41 bits per heavy atom. The van der Waals surface area contributed by atoms with Crippen molar-refractivity contribution in [2.24, 2.45) is 0 Å². The number of fused-ring (bicyclic) bond motifs is 1. The van der Waals surface area contributed by atoms with Crippen LogP contribution in [-0.2, 0) is 0 Å². The molecule has 0 spiro atoms. The molecule has 3 rings (SSSR count). The van der Waals surface area contributed by atoms with Crippen LogP contribution in [0.15, 0.2) is 60.3 Å². The number of hydrogen-bond acceptors (Lipinski definition) is 2. The number of carbonyl (C=O) groups is 1. The molecule has 2 aromatic rings. The minimum atomic E-state index is 0.174. The third kappa shape index (κ3) is 2.57. The summed E-state index contributed by atoms with van der Waals surface area (Å²) >= 11 is 0. The number of rotatable bonds is 4. The third-order valence-electron chi connectivity index (χ3n) is 4.24. The molecule has 0 radical (unpaired) electrons. The average Bonchev–Trinajstić information content (AvgIpc) is 3.03. The zero-order valence-electron chi connectivity index (χ0n) is 13.3. The van der Waals surface area contributed by atoms with E-state index in [9.17, 15) is 4.79 Å². The fourth-order valence-corrected chi connectivity index (χ4v) is 2.95. The molecule has 1 atom stereocenters. The summed E-state index contributed by atoms with van der Waals surface area (Å²) in [6.07, 6.45) is 7.05. The Kier molecular flexibility index (Phi) is 3.84. The molecule has 1 aliphatic rings. The van der Waals surface area contributed by atoms with Gasteiger partial charge in [0.2, 0.25) is 0 Å². The standard InChI is InChI=1S/C20H21NO/c1-4-20(22)19-13-15-8-6-5-7-14(15)12-18(19)16-9-10-17(11-16)21(2)3/h5-13,16H,4H2,1-3H3. The van der Waals surface area contributed by atoms with E-state index in [0.717, 1.165) is 16.5 Å². The summed E-state index contributed by atoms with van der Waals surface area (Å²) in [6, 6.07) is 12.4. The summed E-state index contributed by atoms with van der Waals surface area (Å²) in [5.41, 5.74) is 3.15. The Balaban J connectivity index is 2.15. The van der Waals surface area contributed by atoms with Crippen LogP contribution in [0.1, 0.15) is 35.2 Å². The maximum absolute atomic E-state index is 12.4. The van der Waals surface area contributed by atoms with E-state index in [-0.39, 0.29) is 11.7 Å². The van der Waals surface area contributed by atoms with Crippen molar-refractivity contribution in [1.82, 2.24) is 4.90 Å². The highest BCUT2D eigenvalue weighted by Crippen LogP contribution is 2.33. The third-order valence-corrected chi connectivity index (χ3v) is 4.24. The molecule has 112 valence electrons. The van der Waals surface area contributed by atoms with E-state index in [2.05, 4.69) is 41.3 Å². The Labute approximate surface area is 131 Å². The lowest BCUT2D eigenvalue weighted by Gasteiger charge is -2.15. The number of nitrogens with zero attached hydrogens (tertiary/aromatic N) is 1. The molecule has 0 aromatic heterocycles. The van der Waals surface area contributed by atoms with Crippen LogP contribution < -0.4 is 0 Å². The van der Waals surface area contributed by atoms with Crippen LogP contribution in [0.5, 0.6) is 0 Å². The van der Waals surface area contributed by atoms with Crippen molar-refractivity contribution in [3.05, 3.63) is 71.5 Å². The van der Waals surface area contributed by atoms with Gasteiger partial charge in [-0.25, -0.2) is 0 Å². The predicted molar refractivity (Wildman–Crippen MR) is 92.2 cm³/mol. The van der Waals surface area contributed by atoms with Crippen molar-refractivity contribution in [2.75, 3.05) is 14.1 Å². The Hall–Kier alpha value is -2.35. The molecule has 0 fully saturated rings. The molecule has 2 aromatic carbocycles. The Morgan fingerprint density at radius 2 is 1.82 bits per heavy atom. The Bertz CT molecular complexity index is 783. The molecule has 2 nitrogen and oxygen atoms in total. The van der Waals surface area contributed by atoms with Crippen LogP contribution in [0.2, 0.25) is 0 Å². The molecule has 1 unspecified atom stereocenters. The monoisotopic (exact) mass is 291 g/mol. The lowest BCUT2D eigenvalue weighted by Crippen LogP contribution is -2.08. The van der Waals surface area contributed by atoms with Gasteiger partial charge in [-0.2, -0.15) is 0 Å². The molecule has 0 amide bonds. The average molecular weight is 291 g/mol. The normalized spacial score (nSPS) is 16.9. The molecule has 0 aliphatic heterocycles. The fourth-order valence-electron chi connectivity index (χ4n) is 2.95. The van der Waals surface area contributed by atoms with Gasteiger partial charge in [0.25, 0.3) is 0 Å². The van der Waals surface area contributed by atoms with Crippen LogP contribution in [0.4, 0.5) is 0 Å². The molecule has 0 saturated heterocycles. The minimum Gasteiger partial charge on any atom is -0.378 e. The van der Waals surface area contributed by atoms with Gasteiger partial charge in [-0.3, -0.25) is 4.79 Å². The van der Waals surface area contributed by atoms with E-state index in [4.69, 9.17) is 0 Å². The van der Waals surface area contributed by atoms with E-state index in [1.54, 1.807) is 0 Å². The van der Waals surface area contributed by atoms with Crippen molar-refractivity contribution in [3.63, 3.8) is 0 Å². The number of likely N-dealkylation sites (N-methyl/N-ethyl adjacent to an activating group) is 1. The second-order valence-corrected chi connectivity index (χ2v) is 5.93. The van der Waals surface area contributed by atoms with Crippen LogP contribution in [0.25, 0.3) is 10.8 Å². The quantitative estimate of drug-likeness (QED) is 0.771. The first kappa shape index (κ1) is 14.6. The van der Waals surface area contributed by atoms with Gasteiger partial charge in [0.1, 0.15) is 0 Å². The van der Waals surface area contributed by atoms with E-state index in [0.29, 0.717) is 6.42 Å². The highest BCUT2D eigenvalue weighted by molar-refractivity contribution is 6.01. The van der Waals surface area contributed by atoms with Crippen molar-refractivity contribution < 1.29 is 4.79 Å². The van der Waals surface area contributed by atoms with E-state index >= 15 is 0 Å². The summed E-state index contributed by atoms with van der Waals surface area (Å²) < 4.78 is 0. The van der Waals surface area contributed by atoms with E-state index in [1.807, 2.05) is 39.2 Å². The first-order valence-corrected chi connectivity index (χ1v) is 7.73. The summed E-state index contributed by atoms with van der Waals surface area (Å²) in [5.74, 6) is 0.383. The van der Waals surface area contributed by atoms with Gasteiger partial charge in [-0.1, -0.05) is 37.3 Å². The first-order chi connectivity index (χ1) is 10.6. The molecule has 0 bridgehead atoms. The zero-order chi connectivity index (χ0) is 15.7. The predicted octanol–water partition coefficient (Wildman–Crippen LogP) is 4.53. The summed E-state index contributed by atoms with van der Waals surface area (Å²) in [4.78, 5) is 14.5. The number of allylic oxidation sites excluding steroid dienone is 3. The van der Waals surface area contributed by atoms with Gasteiger partial charge < -0.3 is 4.90 Å². The van der Waals surface area contributed by atoms with Crippen molar-refractivity contribution in [2.45, 2.75) is 19.3 Å². The zero-order valence-corrected chi connectivity index (χ0v) is 13.3. The fraction of sp³-hybridized carbons (Fsp3) is 0.250. The van der Waals surface area contributed by atoms with Gasteiger partial charge in [-0.05, 0) is 40.6 Å². The van der Waals surface area contributed by atoms with Crippen molar-refractivity contribution in [3.8, 4) is 0 Å². The van der Waals surface area contributed by atoms with Crippen LogP contribution in [0.3, 0.4) is 0 Å². The van der Waals surface area contributed by atoms with Crippen LogP contribution in [-0.4, -0.2) is 24.8 Å². The maximum Gasteiger partial charge on any atom is 0.162 e. The van der Waals surface area contributed by atoms with Crippen LogP contribution in [0, 0.1) is 0 Å². The van der Waals surface area contributed by atoms with Gasteiger partial charge in [-0.15, -0.1) is 0 Å². The molecule has 1 aliphatic carbocycles. The summed E-state index contributed by atoms with van der Waals surface area (Å²) in [6.45, 7) is 1.92. The highest BCUT2D eigenvalue weighted by atomic mass is 16.1. The first-order valence-electron chi connectivity index (χ1n) is 7.73.